The lowest BCUT2D eigenvalue weighted by Gasteiger charge is -2.35. The minimum Gasteiger partial charge on any atom is -0.476 e. The number of carbonyl (C=O) groups is 1. The average Bonchev–Trinajstić information content (AvgIpc) is 2.83. The Morgan fingerprint density at radius 3 is 2.24 bits per heavy atom. The van der Waals surface area contributed by atoms with Gasteiger partial charge >= 0.3 is 0 Å². The second kappa shape index (κ2) is 9.14. The number of carbonyl (C=O) groups excluding carboxylic acids is 1. The molecule has 34 heavy (non-hydrogen) atoms. The third kappa shape index (κ3) is 4.80. The molecule has 1 heterocycles. The molecule has 3 aromatic rings. The molecule has 1 aliphatic rings. The van der Waals surface area contributed by atoms with E-state index in [4.69, 9.17) is 4.74 Å². The summed E-state index contributed by atoms with van der Waals surface area (Å²) in [7, 11) is -3.87. The molecule has 0 aliphatic carbocycles. The Hall–Kier alpha value is -3.32. The Kier molecular flexibility index (Phi) is 6.41. The maximum atomic E-state index is 13.4. The molecule has 0 spiro atoms. The van der Waals surface area contributed by atoms with Gasteiger partial charge in [-0.1, -0.05) is 75.4 Å². The number of amides is 1. The number of nitrogens with zero attached hydrogens (tertiary/aromatic N) is 1. The zero-order valence-corrected chi connectivity index (χ0v) is 20.7. The fraction of sp³-hybridized carbons (Fsp3) is 0.296. The molecule has 178 valence electrons. The summed E-state index contributed by atoms with van der Waals surface area (Å²) in [5, 5.41) is 2.98. The summed E-state index contributed by atoms with van der Waals surface area (Å²) < 4.78 is 34.0. The van der Waals surface area contributed by atoms with Gasteiger partial charge in [0.1, 0.15) is 5.75 Å². The van der Waals surface area contributed by atoms with Crippen molar-refractivity contribution in [3.63, 3.8) is 0 Å². The maximum Gasteiger partial charge on any atom is 0.264 e. The first-order chi connectivity index (χ1) is 16.1. The van der Waals surface area contributed by atoms with Crippen molar-refractivity contribution in [1.82, 2.24) is 5.32 Å². The quantitative estimate of drug-likeness (QED) is 0.571. The minimum atomic E-state index is -3.87. The first kappa shape index (κ1) is 23.8. The first-order valence-electron chi connectivity index (χ1n) is 11.3. The highest BCUT2D eigenvalue weighted by molar-refractivity contribution is 7.92. The molecular formula is C27H30N2O4S. The molecule has 1 N–H and O–H groups in total. The van der Waals surface area contributed by atoms with Crippen molar-refractivity contribution < 1.29 is 17.9 Å². The van der Waals surface area contributed by atoms with Crippen LogP contribution in [0.2, 0.25) is 0 Å². The number of anilines is 1. The van der Waals surface area contributed by atoms with Gasteiger partial charge in [-0.25, -0.2) is 8.42 Å². The molecule has 0 saturated heterocycles. The van der Waals surface area contributed by atoms with Gasteiger partial charge in [0.25, 0.3) is 15.9 Å². The van der Waals surface area contributed by atoms with Gasteiger partial charge in [0.15, 0.2) is 6.10 Å². The van der Waals surface area contributed by atoms with Gasteiger partial charge in [-0.05, 0) is 47.7 Å². The van der Waals surface area contributed by atoms with Gasteiger partial charge in [-0.15, -0.1) is 0 Å². The second-order valence-corrected chi connectivity index (χ2v) is 11.4. The lowest BCUT2D eigenvalue weighted by atomic mass is 9.86. The standard InChI is InChI=1S/C27H30N2O4S/c1-19(20-14-16-21(17-15-20)27(2,3)4)28-26(30)25-18-29(23-12-8-9-13-24(23)33-25)34(31,32)22-10-6-5-7-11-22/h5-17,19,25H,18H2,1-4H3,(H,28,30)/t19-,25-/m0/s1. The smallest absolute Gasteiger partial charge is 0.264 e. The lowest BCUT2D eigenvalue weighted by Crippen LogP contribution is -2.51. The summed E-state index contributed by atoms with van der Waals surface area (Å²) in [4.78, 5) is 13.3. The Balaban J connectivity index is 1.56. The van der Waals surface area contributed by atoms with Crippen molar-refractivity contribution in [3.8, 4) is 5.75 Å². The summed E-state index contributed by atoms with van der Waals surface area (Å²) in [6.45, 7) is 8.25. The number of hydrogen-bond donors (Lipinski definition) is 1. The molecule has 2 atom stereocenters. The molecule has 3 aromatic carbocycles. The highest BCUT2D eigenvalue weighted by Crippen LogP contribution is 2.37. The van der Waals surface area contributed by atoms with E-state index >= 15 is 0 Å². The average molecular weight is 479 g/mol. The Morgan fingerprint density at radius 2 is 1.59 bits per heavy atom. The van der Waals surface area contributed by atoms with E-state index in [0.717, 1.165) is 5.56 Å². The van der Waals surface area contributed by atoms with Crippen LogP contribution in [-0.4, -0.2) is 27.0 Å². The number of benzene rings is 3. The zero-order valence-electron chi connectivity index (χ0n) is 19.9. The molecule has 0 fully saturated rings. The number of hydrogen-bond acceptors (Lipinski definition) is 4. The van der Waals surface area contributed by atoms with Gasteiger partial charge in [-0.2, -0.15) is 0 Å². The third-order valence-corrected chi connectivity index (χ3v) is 7.79. The van der Waals surface area contributed by atoms with Crippen LogP contribution in [0, 0.1) is 0 Å². The number of fused-ring (bicyclic) bond motifs is 1. The SMILES string of the molecule is C[C@H](NC(=O)[C@@H]1CN(S(=O)(=O)c2ccccc2)c2ccccc2O1)c1ccc(C(C)(C)C)cc1. The molecule has 7 heteroatoms. The van der Waals surface area contributed by atoms with Crippen molar-refractivity contribution in [3.05, 3.63) is 90.0 Å². The number of ether oxygens (including phenoxy) is 1. The molecule has 0 radical (unpaired) electrons. The predicted octanol–water partition coefficient (Wildman–Crippen LogP) is 4.82. The normalized spacial score (nSPS) is 16.8. The number of para-hydroxylation sites is 2. The van der Waals surface area contributed by atoms with Crippen molar-refractivity contribution in [1.29, 1.82) is 0 Å². The topological polar surface area (TPSA) is 75.7 Å². The molecule has 6 nitrogen and oxygen atoms in total. The van der Waals surface area contributed by atoms with Gasteiger partial charge in [0.2, 0.25) is 0 Å². The first-order valence-corrected chi connectivity index (χ1v) is 12.8. The van der Waals surface area contributed by atoms with E-state index in [1.54, 1.807) is 54.6 Å². The lowest BCUT2D eigenvalue weighted by molar-refractivity contribution is -0.128. The summed E-state index contributed by atoms with van der Waals surface area (Å²) in [6.07, 6.45) is -0.982. The van der Waals surface area contributed by atoms with Crippen LogP contribution >= 0.6 is 0 Å². The van der Waals surface area contributed by atoms with E-state index in [-0.39, 0.29) is 28.8 Å². The van der Waals surface area contributed by atoms with Gasteiger partial charge in [-0.3, -0.25) is 9.10 Å². The van der Waals surface area contributed by atoms with E-state index in [1.165, 1.54) is 9.87 Å². The van der Waals surface area contributed by atoms with E-state index in [2.05, 4.69) is 38.2 Å². The van der Waals surface area contributed by atoms with Crippen LogP contribution in [0.5, 0.6) is 5.75 Å². The van der Waals surface area contributed by atoms with Crippen LogP contribution in [0.15, 0.2) is 83.8 Å². The Labute approximate surface area is 201 Å². The largest absolute Gasteiger partial charge is 0.476 e. The van der Waals surface area contributed by atoms with Crippen LogP contribution in [0.1, 0.15) is 44.9 Å². The summed E-state index contributed by atoms with van der Waals surface area (Å²) >= 11 is 0. The van der Waals surface area contributed by atoms with Crippen LogP contribution < -0.4 is 14.4 Å². The monoisotopic (exact) mass is 478 g/mol. The van der Waals surface area contributed by atoms with Crippen LogP contribution in [-0.2, 0) is 20.2 Å². The Bertz CT molecular complexity index is 1270. The summed E-state index contributed by atoms with van der Waals surface area (Å²) in [5.41, 5.74) is 2.64. The number of nitrogens with one attached hydrogen (secondary N) is 1. The Morgan fingerprint density at radius 1 is 0.971 bits per heavy atom. The molecular weight excluding hydrogens is 448 g/mol. The molecule has 1 aliphatic heterocycles. The van der Waals surface area contributed by atoms with E-state index in [0.29, 0.717) is 11.4 Å². The summed E-state index contributed by atoms with van der Waals surface area (Å²) in [6, 6.07) is 23.0. The number of rotatable bonds is 5. The number of sulfonamides is 1. The maximum absolute atomic E-state index is 13.4. The molecule has 0 bridgehead atoms. The van der Waals surface area contributed by atoms with Gasteiger partial charge in [0.05, 0.1) is 23.2 Å². The fourth-order valence-corrected chi connectivity index (χ4v) is 5.44. The van der Waals surface area contributed by atoms with Crippen LogP contribution in [0.4, 0.5) is 5.69 Å². The van der Waals surface area contributed by atoms with Crippen molar-refractivity contribution in [2.75, 3.05) is 10.8 Å². The molecule has 0 unspecified atom stereocenters. The van der Waals surface area contributed by atoms with Crippen LogP contribution in [0.25, 0.3) is 0 Å². The van der Waals surface area contributed by atoms with Gasteiger partial charge in [0, 0.05) is 0 Å². The van der Waals surface area contributed by atoms with Crippen LogP contribution in [0.3, 0.4) is 0 Å². The van der Waals surface area contributed by atoms with E-state index < -0.39 is 16.1 Å². The highest BCUT2D eigenvalue weighted by Gasteiger charge is 2.37. The third-order valence-electron chi connectivity index (χ3n) is 5.99. The molecule has 0 saturated carbocycles. The van der Waals surface area contributed by atoms with Crippen molar-refractivity contribution in [2.24, 2.45) is 0 Å². The van der Waals surface area contributed by atoms with Gasteiger partial charge < -0.3 is 10.1 Å². The summed E-state index contributed by atoms with van der Waals surface area (Å²) in [5.74, 6) is -0.00856. The fourth-order valence-electron chi connectivity index (χ4n) is 3.95. The zero-order chi connectivity index (χ0) is 24.5. The van der Waals surface area contributed by atoms with Crippen molar-refractivity contribution >= 4 is 21.6 Å². The van der Waals surface area contributed by atoms with E-state index in [9.17, 15) is 13.2 Å². The van der Waals surface area contributed by atoms with E-state index in [1.807, 2.05) is 19.1 Å². The minimum absolute atomic E-state index is 0.0437. The molecule has 4 rings (SSSR count). The van der Waals surface area contributed by atoms with Crippen molar-refractivity contribution in [2.45, 2.75) is 50.2 Å². The predicted molar refractivity (Wildman–Crippen MR) is 134 cm³/mol. The molecule has 0 aromatic heterocycles. The second-order valence-electron chi connectivity index (χ2n) is 9.53. The highest BCUT2D eigenvalue weighted by atomic mass is 32.2. The molecule has 1 amide bonds.